The van der Waals surface area contributed by atoms with Gasteiger partial charge in [0, 0.05) is 18.6 Å². The van der Waals surface area contributed by atoms with Crippen LogP contribution >= 0.6 is 0 Å². The molecule has 1 amide bonds. The van der Waals surface area contributed by atoms with Gasteiger partial charge in [-0.05, 0) is 27.2 Å². The maximum atomic E-state index is 11.8. The SMILES string of the molecule is CCC(C)(C)NC(=O)C(C)N1CC(O)C1. The van der Waals surface area contributed by atoms with Crippen LogP contribution in [0.15, 0.2) is 0 Å². The lowest BCUT2D eigenvalue weighted by Gasteiger charge is -2.40. The number of carbonyl (C=O) groups is 1. The lowest BCUT2D eigenvalue weighted by Crippen LogP contribution is -2.60. The van der Waals surface area contributed by atoms with E-state index in [0.717, 1.165) is 6.42 Å². The van der Waals surface area contributed by atoms with Gasteiger partial charge in [0.1, 0.15) is 0 Å². The highest BCUT2D eigenvalue weighted by atomic mass is 16.3. The van der Waals surface area contributed by atoms with Crippen LogP contribution in [0.25, 0.3) is 0 Å². The van der Waals surface area contributed by atoms with Crippen LogP contribution in [0.3, 0.4) is 0 Å². The molecule has 0 aromatic carbocycles. The monoisotopic (exact) mass is 214 g/mol. The Hall–Kier alpha value is -0.610. The van der Waals surface area contributed by atoms with Gasteiger partial charge in [0.05, 0.1) is 12.1 Å². The van der Waals surface area contributed by atoms with Gasteiger partial charge in [-0.15, -0.1) is 0 Å². The molecule has 0 saturated carbocycles. The highest BCUT2D eigenvalue weighted by Crippen LogP contribution is 2.14. The molecule has 1 aliphatic rings. The van der Waals surface area contributed by atoms with Crippen LogP contribution in [0, 0.1) is 0 Å². The van der Waals surface area contributed by atoms with Crippen molar-refractivity contribution in [3.63, 3.8) is 0 Å². The van der Waals surface area contributed by atoms with E-state index in [-0.39, 0.29) is 23.6 Å². The first-order valence-corrected chi connectivity index (χ1v) is 5.60. The van der Waals surface area contributed by atoms with Crippen molar-refractivity contribution in [1.29, 1.82) is 0 Å². The second-order valence-corrected chi connectivity index (χ2v) is 5.01. The molecule has 4 nitrogen and oxygen atoms in total. The summed E-state index contributed by atoms with van der Waals surface area (Å²) in [5, 5.41) is 12.2. The van der Waals surface area contributed by atoms with E-state index in [2.05, 4.69) is 12.2 Å². The fourth-order valence-electron chi connectivity index (χ4n) is 1.50. The molecule has 1 aliphatic heterocycles. The number of aliphatic hydroxyl groups is 1. The van der Waals surface area contributed by atoms with Gasteiger partial charge < -0.3 is 10.4 Å². The molecule has 1 saturated heterocycles. The smallest absolute Gasteiger partial charge is 0.237 e. The number of β-amino-alcohol motifs (C(OH)–C–C–N with tert-alkyl or cyclic N) is 1. The Morgan fingerprint density at radius 2 is 2.13 bits per heavy atom. The number of nitrogens with one attached hydrogen (secondary N) is 1. The van der Waals surface area contributed by atoms with Crippen molar-refractivity contribution in [1.82, 2.24) is 10.2 Å². The second-order valence-electron chi connectivity index (χ2n) is 5.01. The molecule has 0 spiro atoms. The molecule has 0 aromatic heterocycles. The topological polar surface area (TPSA) is 52.6 Å². The van der Waals surface area contributed by atoms with Gasteiger partial charge in [-0.2, -0.15) is 0 Å². The van der Waals surface area contributed by atoms with Crippen molar-refractivity contribution in [3.8, 4) is 0 Å². The van der Waals surface area contributed by atoms with E-state index in [4.69, 9.17) is 5.11 Å². The zero-order chi connectivity index (χ0) is 11.6. The summed E-state index contributed by atoms with van der Waals surface area (Å²) >= 11 is 0. The molecule has 88 valence electrons. The number of likely N-dealkylation sites (tertiary alicyclic amines) is 1. The summed E-state index contributed by atoms with van der Waals surface area (Å²) in [5.74, 6) is 0.0498. The number of hydrogen-bond acceptors (Lipinski definition) is 3. The molecule has 1 atom stereocenters. The van der Waals surface area contributed by atoms with Gasteiger partial charge in [-0.3, -0.25) is 9.69 Å². The summed E-state index contributed by atoms with van der Waals surface area (Å²) in [5.41, 5.74) is -0.144. The fourth-order valence-corrected chi connectivity index (χ4v) is 1.50. The lowest BCUT2D eigenvalue weighted by molar-refractivity contribution is -0.132. The molecule has 0 bridgehead atoms. The Kier molecular flexibility index (Phi) is 3.73. The maximum Gasteiger partial charge on any atom is 0.237 e. The summed E-state index contributed by atoms with van der Waals surface area (Å²) in [7, 11) is 0. The second kappa shape index (κ2) is 4.49. The van der Waals surface area contributed by atoms with Crippen molar-refractivity contribution < 1.29 is 9.90 Å². The summed E-state index contributed by atoms with van der Waals surface area (Å²) in [6.45, 7) is 9.19. The first-order valence-electron chi connectivity index (χ1n) is 5.60. The quantitative estimate of drug-likeness (QED) is 0.710. The molecule has 1 fully saturated rings. The normalized spacial score (nSPS) is 20.9. The van der Waals surface area contributed by atoms with Gasteiger partial charge in [0.15, 0.2) is 0 Å². The molecule has 1 unspecified atom stereocenters. The third-order valence-electron chi connectivity index (χ3n) is 3.16. The summed E-state index contributed by atoms with van der Waals surface area (Å²) in [6.07, 6.45) is 0.660. The summed E-state index contributed by atoms with van der Waals surface area (Å²) in [6, 6.07) is -0.140. The maximum absolute atomic E-state index is 11.8. The molecule has 4 heteroatoms. The van der Waals surface area contributed by atoms with Crippen molar-refractivity contribution in [3.05, 3.63) is 0 Å². The zero-order valence-electron chi connectivity index (χ0n) is 10.1. The zero-order valence-corrected chi connectivity index (χ0v) is 10.1. The van der Waals surface area contributed by atoms with Crippen LogP contribution < -0.4 is 5.32 Å². The molecule has 0 radical (unpaired) electrons. The minimum absolute atomic E-state index is 0.0498. The van der Waals surface area contributed by atoms with E-state index in [0.29, 0.717) is 13.1 Å². The van der Waals surface area contributed by atoms with Crippen LogP contribution in [0.1, 0.15) is 34.1 Å². The Morgan fingerprint density at radius 3 is 2.53 bits per heavy atom. The molecular formula is C11H22N2O2. The van der Waals surface area contributed by atoms with Gasteiger partial charge in [-0.1, -0.05) is 6.92 Å². The third-order valence-corrected chi connectivity index (χ3v) is 3.16. The average molecular weight is 214 g/mol. The Bertz CT molecular complexity index is 235. The first kappa shape index (κ1) is 12.5. The number of aliphatic hydroxyl groups excluding tert-OH is 1. The standard InChI is InChI=1S/C11H22N2O2/c1-5-11(3,4)12-10(15)8(2)13-6-9(14)7-13/h8-9,14H,5-7H2,1-4H3,(H,12,15). The highest BCUT2D eigenvalue weighted by molar-refractivity contribution is 5.82. The number of hydrogen-bond donors (Lipinski definition) is 2. The molecule has 1 rings (SSSR count). The van der Waals surface area contributed by atoms with E-state index in [1.807, 2.05) is 25.7 Å². The molecule has 1 heterocycles. The Labute approximate surface area is 91.6 Å². The van der Waals surface area contributed by atoms with E-state index in [1.54, 1.807) is 0 Å². The largest absolute Gasteiger partial charge is 0.390 e. The lowest BCUT2D eigenvalue weighted by atomic mass is 10.0. The number of amides is 1. The molecular weight excluding hydrogens is 192 g/mol. The van der Waals surface area contributed by atoms with Gasteiger partial charge in [0.2, 0.25) is 5.91 Å². The molecule has 0 aromatic rings. The number of nitrogens with zero attached hydrogens (tertiary/aromatic N) is 1. The van der Waals surface area contributed by atoms with Crippen molar-refractivity contribution in [2.24, 2.45) is 0 Å². The molecule has 0 aliphatic carbocycles. The van der Waals surface area contributed by atoms with E-state index >= 15 is 0 Å². The Morgan fingerprint density at radius 1 is 1.60 bits per heavy atom. The highest BCUT2D eigenvalue weighted by Gasteiger charge is 2.33. The van der Waals surface area contributed by atoms with Gasteiger partial charge in [-0.25, -0.2) is 0 Å². The van der Waals surface area contributed by atoms with Crippen LogP contribution in [-0.4, -0.2) is 46.7 Å². The first-order chi connectivity index (χ1) is 6.85. The van der Waals surface area contributed by atoms with Gasteiger partial charge in [0.25, 0.3) is 0 Å². The third kappa shape index (κ3) is 3.18. The summed E-state index contributed by atoms with van der Waals surface area (Å²) in [4.78, 5) is 13.8. The van der Waals surface area contributed by atoms with Gasteiger partial charge >= 0.3 is 0 Å². The van der Waals surface area contributed by atoms with Crippen molar-refractivity contribution >= 4 is 5.91 Å². The van der Waals surface area contributed by atoms with E-state index < -0.39 is 0 Å². The van der Waals surface area contributed by atoms with Crippen LogP contribution in [0.4, 0.5) is 0 Å². The van der Waals surface area contributed by atoms with Crippen LogP contribution in [0.2, 0.25) is 0 Å². The van der Waals surface area contributed by atoms with Crippen LogP contribution in [-0.2, 0) is 4.79 Å². The van der Waals surface area contributed by atoms with Crippen molar-refractivity contribution in [2.75, 3.05) is 13.1 Å². The average Bonchev–Trinajstić information content (AvgIpc) is 2.11. The van der Waals surface area contributed by atoms with E-state index in [9.17, 15) is 4.79 Å². The minimum Gasteiger partial charge on any atom is -0.390 e. The number of rotatable bonds is 4. The fraction of sp³-hybridized carbons (Fsp3) is 0.909. The minimum atomic E-state index is -0.251. The molecule has 15 heavy (non-hydrogen) atoms. The Balaban J connectivity index is 2.40. The van der Waals surface area contributed by atoms with Crippen LogP contribution in [0.5, 0.6) is 0 Å². The van der Waals surface area contributed by atoms with E-state index in [1.165, 1.54) is 0 Å². The summed E-state index contributed by atoms with van der Waals surface area (Å²) < 4.78 is 0. The predicted molar refractivity (Wildman–Crippen MR) is 59.6 cm³/mol. The predicted octanol–water partition coefficient (Wildman–Crippen LogP) is 0.356. The number of carbonyl (C=O) groups excluding carboxylic acids is 1. The molecule has 2 N–H and O–H groups in total. The van der Waals surface area contributed by atoms with Crippen molar-refractivity contribution in [2.45, 2.75) is 51.8 Å².